The van der Waals surface area contributed by atoms with Crippen LogP contribution in [0.2, 0.25) is 0 Å². The van der Waals surface area contributed by atoms with E-state index in [1.165, 1.54) is 11.1 Å². The van der Waals surface area contributed by atoms with Crippen LogP contribution in [0.1, 0.15) is 43.7 Å². The lowest BCUT2D eigenvalue weighted by atomic mass is 10.00. The van der Waals surface area contributed by atoms with Gasteiger partial charge in [-0.3, -0.25) is 0 Å². The number of aryl methyl sites for hydroxylation is 1. The van der Waals surface area contributed by atoms with Crippen molar-refractivity contribution in [2.45, 2.75) is 51.3 Å². The van der Waals surface area contributed by atoms with E-state index in [0.29, 0.717) is 29.8 Å². The zero-order chi connectivity index (χ0) is 21.8. The van der Waals surface area contributed by atoms with Crippen LogP contribution in [0, 0.1) is 5.82 Å². The minimum absolute atomic E-state index is 0.227. The second kappa shape index (κ2) is 9.80. The van der Waals surface area contributed by atoms with E-state index in [0.717, 1.165) is 25.9 Å². The summed E-state index contributed by atoms with van der Waals surface area (Å²) in [7, 11) is 5.96. The molecule has 5 heteroatoms. The molecule has 0 aromatic heterocycles. The van der Waals surface area contributed by atoms with Crippen molar-refractivity contribution in [3.63, 3.8) is 0 Å². The summed E-state index contributed by atoms with van der Waals surface area (Å²) in [5.74, 6) is 0.290. The fraction of sp³-hybridized carbons (Fsp3) is 0.520. The van der Waals surface area contributed by atoms with Crippen LogP contribution in [-0.4, -0.2) is 56.5 Å². The highest BCUT2D eigenvalue weighted by molar-refractivity contribution is 5.58. The number of benzene rings is 2. The Bertz CT molecular complexity index is 822. The number of hydrogen-bond acceptors (Lipinski definition) is 4. The summed E-state index contributed by atoms with van der Waals surface area (Å²) in [6.07, 6.45) is 1.76. The molecule has 3 rings (SSSR count). The number of aliphatic hydroxyl groups excluding tert-OH is 1. The van der Waals surface area contributed by atoms with Crippen LogP contribution >= 0.6 is 0 Å². The quantitative estimate of drug-likeness (QED) is 0.647. The second-order valence-electron chi connectivity index (χ2n) is 9.01. The lowest BCUT2D eigenvalue weighted by Gasteiger charge is -2.27. The molecule has 1 saturated heterocycles. The molecule has 164 valence electrons. The van der Waals surface area contributed by atoms with Gasteiger partial charge in [0.05, 0.1) is 5.69 Å². The largest absolute Gasteiger partial charge is 0.374 e. The van der Waals surface area contributed by atoms with Gasteiger partial charge in [0.1, 0.15) is 12.0 Å². The third-order valence-corrected chi connectivity index (χ3v) is 6.36. The molecule has 2 atom stereocenters. The monoisotopic (exact) mass is 413 g/mol. The maximum Gasteiger partial charge on any atom is 0.148 e. The highest BCUT2D eigenvalue weighted by Gasteiger charge is 2.26. The molecular weight excluding hydrogens is 377 g/mol. The topological polar surface area (TPSA) is 30.0 Å². The Labute approximate surface area is 180 Å². The van der Waals surface area contributed by atoms with Gasteiger partial charge in [-0.1, -0.05) is 38.1 Å². The minimum Gasteiger partial charge on any atom is -0.374 e. The van der Waals surface area contributed by atoms with Gasteiger partial charge in [-0.05, 0) is 68.6 Å². The van der Waals surface area contributed by atoms with Gasteiger partial charge in [0.25, 0.3) is 0 Å². The average molecular weight is 414 g/mol. The lowest BCUT2D eigenvalue weighted by molar-refractivity contribution is 0.165. The third kappa shape index (κ3) is 5.32. The van der Waals surface area contributed by atoms with Crippen LogP contribution in [0.5, 0.6) is 0 Å². The zero-order valence-electron chi connectivity index (χ0n) is 19.0. The van der Waals surface area contributed by atoms with E-state index < -0.39 is 6.23 Å². The molecule has 4 nitrogen and oxygen atoms in total. The number of aliphatic hydroxyl groups is 1. The second-order valence-corrected chi connectivity index (χ2v) is 9.01. The van der Waals surface area contributed by atoms with E-state index in [1.807, 2.05) is 19.2 Å². The molecule has 2 aromatic carbocycles. The summed E-state index contributed by atoms with van der Waals surface area (Å²) >= 11 is 0. The van der Waals surface area contributed by atoms with Crippen LogP contribution in [0.4, 0.5) is 15.8 Å². The van der Waals surface area contributed by atoms with Crippen LogP contribution in [-0.2, 0) is 6.42 Å². The first-order valence-electron chi connectivity index (χ1n) is 11.0. The Hall–Kier alpha value is -2.11. The predicted molar refractivity (Wildman–Crippen MR) is 124 cm³/mol. The van der Waals surface area contributed by atoms with Gasteiger partial charge in [0.15, 0.2) is 0 Å². The molecule has 1 heterocycles. The number of hydrogen-bond donors (Lipinski definition) is 1. The fourth-order valence-corrected chi connectivity index (χ4v) is 4.08. The molecule has 0 amide bonds. The zero-order valence-corrected chi connectivity index (χ0v) is 19.0. The number of likely N-dealkylation sites (N-methyl/N-ethyl adjacent to an activating group) is 1. The predicted octanol–water partition coefficient (Wildman–Crippen LogP) is 4.48. The summed E-state index contributed by atoms with van der Waals surface area (Å²) < 4.78 is 14.8. The number of rotatable bonds is 8. The Morgan fingerprint density at radius 3 is 2.37 bits per heavy atom. The molecule has 30 heavy (non-hydrogen) atoms. The summed E-state index contributed by atoms with van der Waals surface area (Å²) in [4.78, 5) is 6.07. The number of halogens is 1. The van der Waals surface area contributed by atoms with E-state index in [9.17, 15) is 9.50 Å². The summed E-state index contributed by atoms with van der Waals surface area (Å²) in [5, 5.41) is 10.6. The van der Waals surface area contributed by atoms with Crippen molar-refractivity contribution in [3.05, 3.63) is 59.4 Å². The first kappa shape index (κ1) is 22.6. The molecule has 1 fully saturated rings. The molecule has 1 aliphatic rings. The van der Waals surface area contributed by atoms with Gasteiger partial charge in [0, 0.05) is 31.9 Å². The number of nitrogens with zero attached hydrogens (tertiary/aromatic N) is 3. The van der Waals surface area contributed by atoms with Crippen LogP contribution in [0.25, 0.3) is 0 Å². The average Bonchev–Trinajstić information content (AvgIpc) is 3.22. The Morgan fingerprint density at radius 2 is 1.80 bits per heavy atom. The van der Waals surface area contributed by atoms with Gasteiger partial charge < -0.3 is 19.8 Å². The molecule has 2 aromatic rings. The standard InChI is InChI=1S/C25H36FN3O/c1-18(2)20-9-6-19(7-10-20)8-13-25(30)28(5)21-11-12-24(23(26)16-21)29-15-14-22(17-29)27(3)4/h6-7,9-12,16,18,22,25,30H,8,13-15,17H2,1-5H3. The molecular formula is C25H36FN3O. The van der Waals surface area contributed by atoms with Gasteiger partial charge in [-0.15, -0.1) is 0 Å². The van der Waals surface area contributed by atoms with Crippen LogP contribution in [0.15, 0.2) is 42.5 Å². The minimum atomic E-state index is -0.662. The van der Waals surface area contributed by atoms with Crippen molar-refractivity contribution in [1.82, 2.24) is 4.90 Å². The van der Waals surface area contributed by atoms with Crippen molar-refractivity contribution in [1.29, 1.82) is 0 Å². The normalized spacial score (nSPS) is 17.8. The highest BCUT2D eigenvalue weighted by Crippen LogP contribution is 2.29. The maximum atomic E-state index is 14.8. The molecule has 0 bridgehead atoms. The SMILES string of the molecule is CC(C)c1ccc(CCC(O)N(C)c2ccc(N3CCC(N(C)C)C3)c(F)c2)cc1. The number of anilines is 2. The Kier molecular flexibility index (Phi) is 7.37. The fourth-order valence-electron chi connectivity index (χ4n) is 4.08. The van der Waals surface area contributed by atoms with Gasteiger partial charge >= 0.3 is 0 Å². The maximum absolute atomic E-state index is 14.8. The van der Waals surface area contributed by atoms with Gasteiger partial charge in [-0.25, -0.2) is 4.39 Å². The lowest BCUT2D eigenvalue weighted by Crippen LogP contribution is -2.32. The molecule has 0 spiro atoms. The molecule has 0 aliphatic carbocycles. The molecule has 0 saturated carbocycles. The van der Waals surface area contributed by atoms with Crippen molar-refractivity contribution >= 4 is 11.4 Å². The summed E-state index contributed by atoms with van der Waals surface area (Å²) in [6.45, 7) is 6.08. The van der Waals surface area contributed by atoms with Crippen LogP contribution in [0.3, 0.4) is 0 Å². The van der Waals surface area contributed by atoms with E-state index in [4.69, 9.17) is 0 Å². The van der Waals surface area contributed by atoms with Crippen LogP contribution < -0.4 is 9.80 Å². The first-order valence-corrected chi connectivity index (χ1v) is 11.0. The highest BCUT2D eigenvalue weighted by atomic mass is 19.1. The first-order chi connectivity index (χ1) is 14.3. The van der Waals surface area contributed by atoms with E-state index in [1.54, 1.807) is 11.0 Å². The van der Waals surface area contributed by atoms with Gasteiger partial charge in [0.2, 0.25) is 0 Å². The third-order valence-electron chi connectivity index (χ3n) is 6.36. The van der Waals surface area contributed by atoms with Gasteiger partial charge in [-0.2, -0.15) is 0 Å². The smallest absolute Gasteiger partial charge is 0.148 e. The van der Waals surface area contributed by atoms with Crippen molar-refractivity contribution in [2.24, 2.45) is 0 Å². The van der Waals surface area contributed by atoms with E-state index in [2.05, 4.69) is 62.0 Å². The van der Waals surface area contributed by atoms with E-state index >= 15 is 0 Å². The molecule has 1 aliphatic heterocycles. The summed E-state index contributed by atoms with van der Waals surface area (Å²) in [5.41, 5.74) is 3.87. The van der Waals surface area contributed by atoms with Crippen molar-refractivity contribution in [2.75, 3.05) is 44.0 Å². The Balaban J connectivity index is 1.59. The molecule has 1 N–H and O–H groups in total. The van der Waals surface area contributed by atoms with Crippen molar-refractivity contribution in [3.8, 4) is 0 Å². The molecule has 2 unspecified atom stereocenters. The molecule has 0 radical (unpaired) electrons. The van der Waals surface area contributed by atoms with E-state index in [-0.39, 0.29) is 5.82 Å². The van der Waals surface area contributed by atoms with Crippen molar-refractivity contribution < 1.29 is 9.50 Å². The Morgan fingerprint density at radius 1 is 1.10 bits per heavy atom. The summed E-state index contributed by atoms with van der Waals surface area (Å²) in [6, 6.07) is 14.3.